The Labute approximate surface area is 146 Å². The van der Waals surface area contributed by atoms with Crippen molar-refractivity contribution in [3.63, 3.8) is 0 Å². The molecule has 0 aliphatic carbocycles. The zero-order valence-corrected chi connectivity index (χ0v) is 14.9. The van der Waals surface area contributed by atoms with E-state index in [2.05, 4.69) is 10.1 Å². The van der Waals surface area contributed by atoms with E-state index in [1.54, 1.807) is 0 Å². The summed E-state index contributed by atoms with van der Waals surface area (Å²) in [6, 6.07) is 3.50. The van der Waals surface area contributed by atoms with Gasteiger partial charge in [-0.1, -0.05) is 18.5 Å². The van der Waals surface area contributed by atoms with Crippen LogP contribution in [0.1, 0.15) is 26.2 Å². The monoisotopic (exact) mass is 382 g/mol. The summed E-state index contributed by atoms with van der Waals surface area (Å²) in [6.07, 6.45) is 2.16. The van der Waals surface area contributed by atoms with E-state index in [0.717, 1.165) is 32.0 Å². The van der Waals surface area contributed by atoms with Gasteiger partial charge >= 0.3 is 6.61 Å². The Morgan fingerprint density at radius 1 is 1.38 bits per heavy atom. The van der Waals surface area contributed by atoms with Crippen LogP contribution in [0, 0.1) is 0 Å². The highest BCUT2D eigenvalue weighted by Gasteiger charge is 2.32. The van der Waals surface area contributed by atoms with Crippen molar-refractivity contribution in [2.75, 3.05) is 19.6 Å². The van der Waals surface area contributed by atoms with Gasteiger partial charge in [-0.15, -0.1) is 0 Å². The minimum atomic E-state index is -3.75. The van der Waals surface area contributed by atoms with Crippen molar-refractivity contribution in [1.82, 2.24) is 9.62 Å². The molecule has 2 rings (SSSR count). The molecule has 1 aromatic carbocycles. The van der Waals surface area contributed by atoms with E-state index in [9.17, 15) is 17.2 Å². The first-order chi connectivity index (χ1) is 11.4. The summed E-state index contributed by atoms with van der Waals surface area (Å²) in [5.74, 6) is -0.241. The highest BCUT2D eigenvalue weighted by molar-refractivity contribution is 7.89. The second-order valence-electron chi connectivity index (χ2n) is 5.57. The molecule has 1 aromatic rings. The van der Waals surface area contributed by atoms with E-state index in [1.807, 2.05) is 6.92 Å². The van der Waals surface area contributed by atoms with E-state index in [1.165, 1.54) is 16.4 Å². The molecule has 1 saturated heterocycles. The molecular weight excluding hydrogens is 362 g/mol. The summed E-state index contributed by atoms with van der Waals surface area (Å²) in [4.78, 5) is -0.0129. The number of sulfonamides is 1. The van der Waals surface area contributed by atoms with Gasteiger partial charge in [0, 0.05) is 12.6 Å². The first kappa shape index (κ1) is 19.4. The van der Waals surface area contributed by atoms with Gasteiger partial charge < -0.3 is 10.1 Å². The van der Waals surface area contributed by atoms with Crippen molar-refractivity contribution in [3.8, 4) is 5.75 Å². The highest BCUT2D eigenvalue weighted by atomic mass is 35.5. The van der Waals surface area contributed by atoms with Crippen LogP contribution in [0.5, 0.6) is 5.75 Å². The van der Waals surface area contributed by atoms with E-state index in [-0.39, 0.29) is 21.7 Å². The third-order valence-electron chi connectivity index (χ3n) is 3.89. The Balaban J connectivity index is 2.30. The number of piperidine rings is 1. The number of rotatable bonds is 7. The minimum absolute atomic E-state index is 0.0129. The van der Waals surface area contributed by atoms with Crippen LogP contribution in [0.3, 0.4) is 0 Å². The molecule has 0 atom stereocenters. The second kappa shape index (κ2) is 8.42. The quantitative estimate of drug-likeness (QED) is 0.787. The Bertz CT molecular complexity index is 652. The SMILES string of the molecule is CCCN(C1CCNCC1)S(=O)(=O)c1ccc(OC(F)F)c(Cl)c1. The standard InChI is InChI=1S/C15H21ClF2N2O3S/c1-2-9-20(11-5-7-19-8-6-11)24(21,22)12-3-4-14(13(16)10-12)23-15(17)18/h3-4,10-11,15,19H,2,5-9H2,1H3. The fraction of sp³-hybridized carbons (Fsp3) is 0.600. The van der Waals surface area contributed by atoms with Crippen LogP contribution in [0.15, 0.2) is 23.1 Å². The second-order valence-corrected chi connectivity index (χ2v) is 7.87. The predicted molar refractivity (Wildman–Crippen MR) is 88.2 cm³/mol. The molecule has 0 aromatic heterocycles. The molecule has 136 valence electrons. The molecule has 1 heterocycles. The number of benzene rings is 1. The number of hydrogen-bond donors (Lipinski definition) is 1. The first-order valence-electron chi connectivity index (χ1n) is 7.83. The maximum absolute atomic E-state index is 13.0. The maximum atomic E-state index is 13.0. The van der Waals surface area contributed by atoms with Gasteiger partial charge in [0.25, 0.3) is 0 Å². The summed E-state index contributed by atoms with van der Waals surface area (Å²) in [6.45, 7) is 0.831. The number of halogens is 3. The molecule has 0 unspecified atom stereocenters. The molecule has 0 spiro atoms. The lowest BCUT2D eigenvalue weighted by Gasteiger charge is -2.33. The molecule has 24 heavy (non-hydrogen) atoms. The van der Waals surface area contributed by atoms with Crippen molar-refractivity contribution in [3.05, 3.63) is 23.2 Å². The molecular formula is C15H21ClF2N2O3S. The average Bonchev–Trinajstić information content (AvgIpc) is 2.54. The number of nitrogens with zero attached hydrogens (tertiary/aromatic N) is 1. The molecule has 0 saturated carbocycles. The third kappa shape index (κ3) is 4.56. The van der Waals surface area contributed by atoms with Gasteiger partial charge in [0.2, 0.25) is 10.0 Å². The Hall–Kier alpha value is -0.960. The summed E-state index contributed by atoms with van der Waals surface area (Å²) >= 11 is 5.90. The molecule has 9 heteroatoms. The summed E-state index contributed by atoms with van der Waals surface area (Å²) in [7, 11) is -3.75. The first-order valence-corrected chi connectivity index (χ1v) is 9.65. The zero-order chi connectivity index (χ0) is 17.7. The molecule has 1 N–H and O–H groups in total. The van der Waals surface area contributed by atoms with Crippen LogP contribution in [0.4, 0.5) is 8.78 Å². The van der Waals surface area contributed by atoms with Crippen LogP contribution in [-0.4, -0.2) is 45.0 Å². The molecule has 0 bridgehead atoms. The van der Waals surface area contributed by atoms with Crippen molar-refractivity contribution in [1.29, 1.82) is 0 Å². The minimum Gasteiger partial charge on any atom is -0.433 e. The van der Waals surface area contributed by atoms with Gasteiger partial charge in [-0.3, -0.25) is 0 Å². The number of hydrogen-bond acceptors (Lipinski definition) is 4. The lowest BCUT2D eigenvalue weighted by Crippen LogP contribution is -2.46. The van der Waals surface area contributed by atoms with Crippen molar-refractivity contribution in [2.24, 2.45) is 0 Å². The number of nitrogens with one attached hydrogen (secondary N) is 1. The summed E-state index contributed by atoms with van der Waals surface area (Å²) in [5, 5.41) is 3.05. The predicted octanol–water partition coefficient (Wildman–Crippen LogP) is 3.09. The summed E-state index contributed by atoms with van der Waals surface area (Å²) < 4.78 is 56.3. The fourth-order valence-corrected chi connectivity index (χ4v) is 4.88. The molecule has 0 radical (unpaired) electrons. The molecule has 1 aliphatic rings. The Morgan fingerprint density at radius 2 is 2.04 bits per heavy atom. The Kier molecular flexibility index (Phi) is 6.79. The largest absolute Gasteiger partial charge is 0.433 e. The van der Waals surface area contributed by atoms with Crippen molar-refractivity contribution in [2.45, 2.75) is 43.7 Å². The lowest BCUT2D eigenvalue weighted by atomic mass is 10.1. The van der Waals surface area contributed by atoms with Gasteiger partial charge in [0.05, 0.1) is 9.92 Å². The van der Waals surface area contributed by atoms with Crippen LogP contribution in [-0.2, 0) is 10.0 Å². The Morgan fingerprint density at radius 3 is 2.58 bits per heavy atom. The normalized spacial score (nSPS) is 16.8. The van der Waals surface area contributed by atoms with E-state index in [0.29, 0.717) is 13.0 Å². The van der Waals surface area contributed by atoms with Crippen molar-refractivity contribution < 1.29 is 21.9 Å². The van der Waals surface area contributed by atoms with Gasteiger partial charge in [-0.05, 0) is 50.6 Å². The fourth-order valence-electron chi connectivity index (χ4n) is 2.78. The molecule has 1 fully saturated rings. The van der Waals surface area contributed by atoms with Crippen LogP contribution < -0.4 is 10.1 Å². The third-order valence-corrected chi connectivity index (χ3v) is 6.13. The van der Waals surface area contributed by atoms with Crippen molar-refractivity contribution >= 4 is 21.6 Å². The van der Waals surface area contributed by atoms with E-state index < -0.39 is 16.6 Å². The van der Waals surface area contributed by atoms with Gasteiger partial charge in [0.1, 0.15) is 5.75 Å². The molecule has 1 aliphatic heterocycles. The van der Waals surface area contributed by atoms with Crippen LogP contribution in [0.25, 0.3) is 0 Å². The van der Waals surface area contributed by atoms with Crippen LogP contribution in [0.2, 0.25) is 5.02 Å². The topological polar surface area (TPSA) is 58.6 Å². The van der Waals surface area contributed by atoms with E-state index >= 15 is 0 Å². The number of ether oxygens (including phenoxy) is 1. The molecule has 5 nitrogen and oxygen atoms in total. The van der Waals surface area contributed by atoms with Gasteiger partial charge in [0.15, 0.2) is 0 Å². The number of alkyl halides is 2. The van der Waals surface area contributed by atoms with Gasteiger partial charge in [-0.2, -0.15) is 13.1 Å². The smallest absolute Gasteiger partial charge is 0.387 e. The summed E-state index contributed by atoms with van der Waals surface area (Å²) in [5.41, 5.74) is 0. The van der Waals surface area contributed by atoms with Crippen LogP contribution >= 0.6 is 11.6 Å². The highest BCUT2D eigenvalue weighted by Crippen LogP contribution is 2.31. The lowest BCUT2D eigenvalue weighted by molar-refractivity contribution is -0.0498. The zero-order valence-electron chi connectivity index (χ0n) is 13.3. The maximum Gasteiger partial charge on any atom is 0.387 e. The van der Waals surface area contributed by atoms with E-state index in [4.69, 9.17) is 11.6 Å². The van der Waals surface area contributed by atoms with Gasteiger partial charge in [-0.25, -0.2) is 8.42 Å². The average molecular weight is 383 g/mol. The molecule has 0 amide bonds.